The average Bonchev–Trinajstić information content (AvgIpc) is 3.07. The number of sulfonamides is 1. The maximum absolute atomic E-state index is 14.8. The van der Waals surface area contributed by atoms with Gasteiger partial charge in [0.05, 0.1) is 10.6 Å². The van der Waals surface area contributed by atoms with Crippen molar-refractivity contribution in [3.05, 3.63) is 128 Å². The summed E-state index contributed by atoms with van der Waals surface area (Å²) in [5.74, 6) is -0.992. The summed E-state index contributed by atoms with van der Waals surface area (Å²) in [6, 6.07) is 23.9. The standard InChI is InChI=1S/C37H37Cl4N3O4S/c1-25-15-17-31(18-16-25)49(47,48)44(30-21-27(38)20-28(39)22-30)24-36(45)43(23-32-33(40)13-8-14-34(32)41)35(19-26-9-4-2-5-10-26)37(46)42-29-11-6-3-7-12-29/h2,4-5,8-10,13-18,20-22,29,35H,3,6-7,11-12,19,23-24H2,1H3,(H,42,46). The minimum absolute atomic E-state index is 0.0291. The third kappa shape index (κ3) is 9.50. The number of amides is 2. The molecular formula is C37H37Cl4N3O4S. The number of rotatable bonds is 12. The number of carbonyl (C=O) groups is 2. The molecule has 7 nitrogen and oxygen atoms in total. The zero-order chi connectivity index (χ0) is 35.1. The van der Waals surface area contributed by atoms with Crippen LogP contribution in [-0.4, -0.2) is 43.8 Å². The highest BCUT2D eigenvalue weighted by molar-refractivity contribution is 7.92. The van der Waals surface area contributed by atoms with E-state index in [-0.39, 0.29) is 45.5 Å². The molecule has 0 heterocycles. The fraction of sp³-hybridized carbons (Fsp3) is 0.297. The lowest BCUT2D eigenvalue weighted by molar-refractivity contribution is -0.140. The molecule has 49 heavy (non-hydrogen) atoms. The first-order chi connectivity index (χ1) is 23.4. The molecule has 1 fully saturated rings. The summed E-state index contributed by atoms with van der Waals surface area (Å²) in [6.45, 7) is 1.02. The Kier molecular flexibility index (Phi) is 12.6. The highest BCUT2D eigenvalue weighted by Crippen LogP contribution is 2.32. The monoisotopic (exact) mass is 759 g/mol. The number of halogens is 4. The number of nitrogens with zero attached hydrogens (tertiary/aromatic N) is 2. The largest absolute Gasteiger partial charge is 0.352 e. The molecule has 1 atom stereocenters. The van der Waals surface area contributed by atoms with Crippen molar-refractivity contribution in [3.63, 3.8) is 0 Å². The van der Waals surface area contributed by atoms with Gasteiger partial charge in [-0.3, -0.25) is 13.9 Å². The molecule has 0 bridgehead atoms. The first kappa shape index (κ1) is 37.0. The van der Waals surface area contributed by atoms with Crippen molar-refractivity contribution >= 4 is 73.9 Å². The van der Waals surface area contributed by atoms with Crippen LogP contribution in [-0.2, 0) is 32.6 Å². The van der Waals surface area contributed by atoms with Crippen LogP contribution in [0.15, 0.2) is 95.9 Å². The molecule has 0 radical (unpaired) electrons. The molecule has 5 rings (SSSR count). The first-order valence-corrected chi connectivity index (χ1v) is 19.0. The van der Waals surface area contributed by atoms with Crippen LogP contribution in [0, 0.1) is 6.92 Å². The van der Waals surface area contributed by atoms with Crippen molar-refractivity contribution in [1.82, 2.24) is 10.2 Å². The van der Waals surface area contributed by atoms with Crippen LogP contribution >= 0.6 is 46.4 Å². The summed E-state index contributed by atoms with van der Waals surface area (Å²) in [4.78, 5) is 30.4. The van der Waals surface area contributed by atoms with Crippen molar-refractivity contribution in [1.29, 1.82) is 0 Å². The summed E-state index contributed by atoms with van der Waals surface area (Å²) < 4.78 is 29.6. The molecule has 1 N–H and O–H groups in total. The first-order valence-electron chi connectivity index (χ1n) is 16.0. The molecule has 4 aromatic rings. The number of hydrogen-bond donors (Lipinski definition) is 1. The van der Waals surface area contributed by atoms with E-state index in [1.54, 1.807) is 30.3 Å². The third-order valence-electron chi connectivity index (χ3n) is 8.64. The smallest absolute Gasteiger partial charge is 0.264 e. The molecule has 1 saturated carbocycles. The SMILES string of the molecule is Cc1ccc(S(=O)(=O)N(CC(=O)N(Cc2c(Cl)cccc2Cl)C(Cc2ccccc2)C(=O)NC2CCCCC2)c2cc(Cl)cc(Cl)c2)cc1. The van der Waals surface area contributed by atoms with Gasteiger partial charge in [-0.2, -0.15) is 0 Å². The fourth-order valence-corrected chi connectivity index (χ4v) is 8.43. The summed E-state index contributed by atoms with van der Waals surface area (Å²) in [6.07, 6.45) is 4.95. The minimum atomic E-state index is -4.33. The van der Waals surface area contributed by atoms with E-state index >= 15 is 0 Å². The van der Waals surface area contributed by atoms with Crippen LogP contribution in [0.5, 0.6) is 0 Å². The average molecular weight is 762 g/mol. The fourth-order valence-electron chi connectivity index (χ4n) is 6.00. The molecule has 12 heteroatoms. The van der Waals surface area contributed by atoms with Gasteiger partial charge in [0.15, 0.2) is 0 Å². The van der Waals surface area contributed by atoms with Crippen LogP contribution in [0.3, 0.4) is 0 Å². The van der Waals surface area contributed by atoms with Gasteiger partial charge >= 0.3 is 0 Å². The lowest BCUT2D eigenvalue weighted by atomic mass is 9.94. The van der Waals surface area contributed by atoms with E-state index in [9.17, 15) is 18.0 Å². The van der Waals surface area contributed by atoms with E-state index in [2.05, 4.69) is 5.32 Å². The Balaban J connectivity index is 1.61. The van der Waals surface area contributed by atoms with E-state index in [0.29, 0.717) is 15.6 Å². The van der Waals surface area contributed by atoms with E-state index in [1.807, 2.05) is 37.3 Å². The molecule has 1 unspecified atom stereocenters. The highest BCUT2D eigenvalue weighted by Gasteiger charge is 2.36. The number of benzene rings is 4. The summed E-state index contributed by atoms with van der Waals surface area (Å²) in [5, 5.41) is 4.18. The van der Waals surface area contributed by atoms with Crippen molar-refractivity contribution in [3.8, 4) is 0 Å². The maximum atomic E-state index is 14.8. The van der Waals surface area contributed by atoms with Gasteiger partial charge in [0, 0.05) is 44.7 Å². The van der Waals surface area contributed by atoms with Gasteiger partial charge in [0.1, 0.15) is 12.6 Å². The molecule has 4 aromatic carbocycles. The minimum Gasteiger partial charge on any atom is -0.352 e. The van der Waals surface area contributed by atoms with Crippen molar-refractivity contribution < 1.29 is 18.0 Å². The molecule has 0 aromatic heterocycles. The number of nitrogens with one attached hydrogen (secondary N) is 1. The Bertz CT molecular complexity index is 1850. The zero-order valence-corrected chi connectivity index (χ0v) is 30.8. The van der Waals surface area contributed by atoms with Gasteiger partial charge in [-0.15, -0.1) is 0 Å². The Labute approximate surface area is 308 Å². The summed E-state index contributed by atoms with van der Waals surface area (Å²) >= 11 is 25.9. The van der Waals surface area contributed by atoms with Crippen LogP contribution in [0.1, 0.15) is 48.8 Å². The number of aryl methyl sites for hydroxylation is 1. The molecule has 258 valence electrons. The molecule has 1 aliphatic rings. The second-order valence-corrected chi connectivity index (χ2v) is 15.8. The van der Waals surface area contributed by atoms with Crippen LogP contribution in [0.2, 0.25) is 20.1 Å². The topological polar surface area (TPSA) is 86.8 Å². The van der Waals surface area contributed by atoms with Crippen molar-refractivity contribution in [2.75, 3.05) is 10.8 Å². The lowest BCUT2D eigenvalue weighted by Crippen LogP contribution is -2.55. The van der Waals surface area contributed by atoms with E-state index in [1.165, 1.54) is 35.2 Å². The van der Waals surface area contributed by atoms with Gasteiger partial charge in [-0.25, -0.2) is 8.42 Å². The van der Waals surface area contributed by atoms with Crippen LogP contribution in [0.4, 0.5) is 5.69 Å². The van der Waals surface area contributed by atoms with Crippen molar-refractivity contribution in [2.45, 2.75) is 69.0 Å². The maximum Gasteiger partial charge on any atom is 0.264 e. The number of anilines is 1. The predicted molar refractivity (Wildman–Crippen MR) is 198 cm³/mol. The lowest BCUT2D eigenvalue weighted by Gasteiger charge is -2.35. The number of carbonyl (C=O) groups excluding carboxylic acids is 2. The second kappa shape index (κ2) is 16.6. The molecule has 0 spiro atoms. The third-order valence-corrected chi connectivity index (χ3v) is 11.6. The second-order valence-electron chi connectivity index (χ2n) is 12.2. The number of hydrogen-bond acceptors (Lipinski definition) is 4. The van der Waals surface area contributed by atoms with Crippen molar-refractivity contribution in [2.24, 2.45) is 0 Å². The quantitative estimate of drug-likeness (QED) is 0.156. The summed E-state index contributed by atoms with van der Waals surface area (Å²) in [5.41, 5.74) is 2.21. The molecular weight excluding hydrogens is 724 g/mol. The van der Waals surface area contributed by atoms with E-state index < -0.39 is 28.5 Å². The molecule has 1 aliphatic carbocycles. The Morgan fingerprint density at radius 1 is 0.816 bits per heavy atom. The van der Waals surface area contributed by atoms with Crippen LogP contribution < -0.4 is 9.62 Å². The van der Waals surface area contributed by atoms with Gasteiger partial charge < -0.3 is 10.2 Å². The molecule has 0 aliphatic heterocycles. The zero-order valence-electron chi connectivity index (χ0n) is 26.9. The highest BCUT2D eigenvalue weighted by atomic mass is 35.5. The van der Waals surface area contributed by atoms with Gasteiger partial charge in [0.2, 0.25) is 11.8 Å². The van der Waals surface area contributed by atoms with Gasteiger partial charge in [-0.05, 0) is 67.8 Å². The normalized spacial score (nSPS) is 14.2. The van der Waals surface area contributed by atoms with Gasteiger partial charge in [-0.1, -0.05) is 120 Å². The predicted octanol–water partition coefficient (Wildman–Crippen LogP) is 8.89. The van der Waals surface area contributed by atoms with Crippen LogP contribution in [0.25, 0.3) is 0 Å². The molecule has 2 amide bonds. The Morgan fingerprint density at radius 2 is 1.43 bits per heavy atom. The van der Waals surface area contributed by atoms with E-state index in [0.717, 1.165) is 47.5 Å². The summed E-state index contributed by atoms with van der Waals surface area (Å²) in [7, 11) is -4.33. The Hall–Kier alpha value is -3.27. The van der Waals surface area contributed by atoms with E-state index in [4.69, 9.17) is 46.4 Å². The molecule has 0 saturated heterocycles. The Morgan fingerprint density at radius 3 is 2.04 bits per heavy atom. The van der Waals surface area contributed by atoms with Gasteiger partial charge in [0.25, 0.3) is 10.0 Å².